The number of amides is 2. The number of thioether (sulfide) groups is 1. The van der Waals surface area contributed by atoms with Gasteiger partial charge >= 0.3 is 0 Å². The Labute approximate surface area is 250 Å². The van der Waals surface area contributed by atoms with Gasteiger partial charge in [-0.1, -0.05) is 77.3 Å². The molecule has 0 radical (unpaired) electrons. The summed E-state index contributed by atoms with van der Waals surface area (Å²) in [5, 5.41) is 8.70. The third kappa shape index (κ3) is 6.92. The van der Waals surface area contributed by atoms with Crippen LogP contribution in [0.3, 0.4) is 0 Å². The molecule has 5 aromatic rings. The molecule has 1 unspecified atom stereocenters. The first-order chi connectivity index (χ1) is 19.4. The van der Waals surface area contributed by atoms with E-state index in [-0.39, 0.29) is 11.8 Å². The van der Waals surface area contributed by atoms with Crippen molar-refractivity contribution < 1.29 is 9.59 Å². The van der Waals surface area contributed by atoms with Crippen LogP contribution < -0.4 is 10.6 Å². The highest BCUT2D eigenvalue weighted by molar-refractivity contribution is 8.00. The fourth-order valence-corrected chi connectivity index (χ4v) is 6.30. The van der Waals surface area contributed by atoms with E-state index in [0.29, 0.717) is 32.1 Å². The number of nitrogens with zero attached hydrogens (tertiary/aromatic N) is 1. The Morgan fingerprint density at radius 2 is 1.68 bits per heavy atom. The zero-order valence-electron chi connectivity index (χ0n) is 21.2. The normalized spacial score (nSPS) is 11.6. The highest BCUT2D eigenvalue weighted by Gasteiger charge is 2.24. The molecule has 2 N–H and O–H groups in total. The Morgan fingerprint density at radius 3 is 2.45 bits per heavy atom. The molecule has 1 aromatic heterocycles. The molecule has 0 aliphatic rings. The molecular weight excluding hydrogens is 581 g/mol. The molecule has 0 bridgehead atoms. The van der Waals surface area contributed by atoms with Crippen LogP contribution in [0, 0.1) is 6.92 Å². The summed E-state index contributed by atoms with van der Waals surface area (Å²) in [5.41, 5.74) is 4.48. The zero-order valence-corrected chi connectivity index (χ0v) is 24.4. The number of halogens is 2. The Hall–Kier alpha value is -3.62. The van der Waals surface area contributed by atoms with Gasteiger partial charge in [-0.15, -0.1) is 23.1 Å². The molecule has 9 heteroatoms. The number of aryl methyl sites for hydroxylation is 1. The lowest BCUT2D eigenvalue weighted by Gasteiger charge is -2.17. The van der Waals surface area contributed by atoms with Crippen molar-refractivity contribution in [2.45, 2.75) is 17.1 Å². The van der Waals surface area contributed by atoms with Crippen LogP contribution in [0.25, 0.3) is 11.3 Å². The molecule has 200 valence electrons. The van der Waals surface area contributed by atoms with Crippen molar-refractivity contribution in [3.8, 4) is 11.3 Å². The van der Waals surface area contributed by atoms with Crippen molar-refractivity contribution in [3.63, 3.8) is 0 Å². The summed E-state index contributed by atoms with van der Waals surface area (Å²) in [7, 11) is 0. The molecule has 0 saturated carbocycles. The van der Waals surface area contributed by atoms with Gasteiger partial charge in [0.15, 0.2) is 5.13 Å². The summed E-state index contributed by atoms with van der Waals surface area (Å²) in [6, 6.07) is 29.7. The maximum atomic E-state index is 13.6. The Morgan fingerprint density at radius 1 is 0.875 bits per heavy atom. The lowest BCUT2D eigenvalue weighted by atomic mass is 10.1. The fraction of sp³-hybridized carbons (Fsp3) is 0.0645. The second kappa shape index (κ2) is 12.7. The van der Waals surface area contributed by atoms with Gasteiger partial charge in [-0.05, 0) is 61.0 Å². The van der Waals surface area contributed by atoms with Gasteiger partial charge < -0.3 is 10.6 Å². The topological polar surface area (TPSA) is 71.1 Å². The molecule has 1 atom stereocenters. The summed E-state index contributed by atoms with van der Waals surface area (Å²) in [4.78, 5) is 31.8. The highest BCUT2D eigenvalue weighted by atomic mass is 35.5. The minimum Gasteiger partial charge on any atom is -0.322 e. The molecular formula is C31H23Cl2N3O2S2. The number of hydrogen-bond acceptors (Lipinski definition) is 5. The summed E-state index contributed by atoms with van der Waals surface area (Å²) < 4.78 is 0. The van der Waals surface area contributed by atoms with E-state index >= 15 is 0 Å². The van der Waals surface area contributed by atoms with Crippen LogP contribution in [0.15, 0.2) is 107 Å². The van der Waals surface area contributed by atoms with Crippen molar-refractivity contribution in [1.82, 2.24) is 4.98 Å². The second-order valence-electron chi connectivity index (χ2n) is 8.91. The van der Waals surface area contributed by atoms with Crippen LogP contribution in [0.4, 0.5) is 10.8 Å². The first-order valence-electron chi connectivity index (χ1n) is 12.3. The number of anilines is 2. The highest BCUT2D eigenvalue weighted by Crippen LogP contribution is 2.38. The van der Waals surface area contributed by atoms with Crippen molar-refractivity contribution in [2.75, 3.05) is 10.6 Å². The van der Waals surface area contributed by atoms with Gasteiger partial charge in [-0.25, -0.2) is 4.98 Å². The minimum atomic E-state index is -0.560. The van der Waals surface area contributed by atoms with E-state index in [9.17, 15) is 9.59 Å². The maximum absolute atomic E-state index is 13.6. The van der Waals surface area contributed by atoms with Gasteiger partial charge in [0.2, 0.25) is 5.91 Å². The van der Waals surface area contributed by atoms with Gasteiger partial charge in [-0.2, -0.15) is 0 Å². The van der Waals surface area contributed by atoms with Gasteiger partial charge in [0, 0.05) is 32.1 Å². The summed E-state index contributed by atoms with van der Waals surface area (Å²) in [5.74, 6) is -0.405. The monoisotopic (exact) mass is 603 g/mol. The lowest BCUT2D eigenvalue weighted by molar-refractivity contribution is -0.115. The molecule has 0 aliphatic carbocycles. The summed E-state index contributed by atoms with van der Waals surface area (Å²) in [6.07, 6.45) is 0. The Kier molecular flexibility index (Phi) is 8.87. The van der Waals surface area contributed by atoms with Gasteiger partial charge in [0.1, 0.15) is 5.25 Å². The predicted octanol–water partition coefficient (Wildman–Crippen LogP) is 9.15. The van der Waals surface area contributed by atoms with E-state index in [4.69, 9.17) is 23.2 Å². The smallest absolute Gasteiger partial charge is 0.255 e. The third-order valence-electron chi connectivity index (χ3n) is 5.91. The van der Waals surface area contributed by atoms with E-state index in [1.165, 1.54) is 23.1 Å². The van der Waals surface area contributed by atoms with Crippen LogP contribution in [-0.4, -0.2) is 16.8 Å². The van der Waals surface area contributed by atoms with Crippen LogP contribution in [0.5, 0.6) is 0 Å². The SMILES string of the molecule is Cc1cccc(C(=O)Nc2cccc(SC(C(=O)Nc3nc(-c4ccc(Cl)cc4Cl)cs3)c3ccccc3)c2)c1. The molecule has 0 spiro atoms. The van der Waals surface area contributed by atoms with Crippen molar-refractivity contribution in [2.24, 2.45) is 0 Å². The first-order valence-corrected chi connectivity index (χ1v) is 14.8. The zero-order chi connectivity index (χ0) is 28.1. The van der Waals surface area contributed by atoms with E-state index in [1.54, 1.807) is 24.3 Å². The molecule has 5 rings (SSSR count). The van der Waals surface area contributed by atoms with Crippen LogP contribution in [-0.2, 0) is 4.79 Å². The number of thiazole rings is 1. The van der Waals surface area contributed by atoms with Gasteiger partial charge in [-0.3, -0.25) is 9.59 Å². The number of benzene rings is 4. The molecule has 0 saturated heterocycles. The minimum absolute atomic E-state index is 0.191. The van der Waals surface area contributed by atoms with E-state index in [1.807, 2.05) is 85.1 Å². The second-order valence-corrected chi connectivity index (χ2v) is 11.8. The van der Waals surface area contributed by atoms with E-state index < -0.39 is 5.25 Å². The predicted molar refractivity (Wildman–Crippen MR) is 167 cm³/mol. The Balaban J connectivity index is 1.34. The Bertz CT molecular complexity index is 1670. The molecule has 0 fully saturated rings. The average molecular weight is 605 g/mol. The molecule has 0 aliphatic heterocycles. The largest absolute Gasteiger partial charge is 0.322 e. The van der Waals surface area contributed by atoms with Gasteiger partial charge in [0.25, 0.3) is 5.91 Å². The number of nitrogens with one attached hydrogen (secondary N) is 2. The number of hydrogen-bond donors (Lipinski definition) is 2. The quantitative estimate of drug-likeness (QED) is 0.173. The van der Waals surface area contributed by atoms with Crippen LogP contribution >= 0.6 is 46.3 Å². The molecule has 40 heavy (non-hydrogen) atoms. The molecule has 2 amide bonds. The van der Waals surface area contributed by atoms with Crippen molar-refractivity contribution in [1.29, 1.82) is 0 Å². The molecule has 5 nitrogen and oxygen atoms in total. The fourth-order valence-electron chi connectivity index (χ4n) is 4.00. The van der Waals surface area contributed by atoms with Crippen LogP contribution in [0.1, 0.15) is 26.7 Å². The summed E-state index contributed by atoms with van der Waals surface area (Å²) in [6.45, 7) is 1.95. The van der Waals surface area contributed by atoms with E-state index in [2.05, 4.69) is 15.6 Å². The van der Waals surface area contributed by atoms with Crippen LogP contribution in [0.2, 0.25) is 10.0 Å². The third-order valence-corrected chi connectivity index (χ3v) is 8.46. The van der Waals surface area contributed by atoms with Crippen molar-refractivity contribution >= 4 is 68.9 Å². The average Bonchev–Trinajstić information content (AvgIpc) is 3.40. The number of carbonyl (C=O) groups is 2. The standard InChI is InChI=1S/C31H23Cl2N3O2S2/c1-19-7-5-10-21(15-19)29(37)34-23-11-6-12-24(17-23)40-28(20-8-3-2-4-9-20)30(38)36-31-35-27(18-39-31)25-14-13-22(32)16-26(25)33/h2-18,28H,1H3,(H,34,37)(H,35,36,38). The maximum Gasteiger partial charge on any atom is 0.255 e. The van der Waals surface area contributed by atoms with E-state index in [0.717, 1.165) is 21.6 Å². The summed E-state index contributed by atoms with van der Waals surface area (Å²) >= 11 is 15.1. The van der Waals surface area contributed by atoms with Gasteiger partial charge in [0.05, 0.1) is 10.7 Å². The molecule has 4 aromatic carbocycles. The lowest BCUT2D eigenvalue weighted by Crippen LogP contribution is -2.19. The first kappa shape index (κ1) is 27.9. The number of carbonyl (C=O) groups excluding carboxylic acids is 2. The molecule has 1 heterocycles. The number of rotatable bonds is 8. The number of aromatic nitrogens is 1. The van der Waals surface area contributed by atoms with Crippen molar-refractivity contribution in [3.05, 3.63) is 129 Å².